The third-order valence-electron chi connectivity index (χ3n) is 14.6. The van der Waals surface area contributed by atoms with E-state index in [1.165, 1.54) is 37.8 Å². The Morgan fingerprint density at radius 1 is 0.905 bits per heavy atom. The van der Waals surface area contributed by atoms with E-state index in [9.17, 15) is 48.3 Å². The Morgan fingerprint density at radius 2 is 1.57 bits per heavy atom. The van der Waals surface area contributed by atoms with Gasteiger partial charge in [-0.2, -0.15) is 0 Å². The molecule has 6 rings (SSSR count). The Hall–Kier alpha value is -5.75. The number of allylic oxidation sites excluding steroid dienone is 3. The quantitative estimate of drug-likeness (QED) is 0.0449. The summed E-state index contributed by atoms with van der Waals surface area (Å²) in [7, 11) is 4.44. The molecule has 1 aromatic rings. The van der Waals surface area contributed by atoms with Crippen molar-refractivity contribution in [3.63, 3.8) is 0 Å². The summed E-state index contributed by atoms with van der Waals surface area (Å²) in [5.41, 5.74) is -1.11. The number of amides is 7. The predicted molar refractivity (Wildman–Crippen MR) is 299 cm³/mol. The monoisotopic (exact) mass is 1220 g/mol. The van der Waals surface area contributed by atoms with E-state index in [0.717, 1.165) is 16.0 Å². The summed E-state index contributed by atoms with van der Waals surface area (Å²) in [6.07, 6.45) is -0.365. The van der Waals surface area contributed by atoms with Crippen LogP contribution in [0.15, 0.2) is 35.9 Å². The number of hydroxylamine groups is 2. The Morgan fingerprint density at radius 3 is 2.24 bits per heavy atom. The fourth-order valence-electron chi connectivity index (χ4n) is 9.76. The van der Waals surface area contributed by atoms with Crippen molar-refractivity contribution < 1.29 is 100 Å². The normalized spacial score (nSPS) is 26.9. The third-order valence-corrected chi connectivity index (χ3v) is 16.3. The van der Waals surface area contributed by atoms with Gasteiger partial charge in [0.05, 0.1) is 89.8 Å². The Balaban J connectivity index is 0.885. The topological polar surface area (TPSA) is 312 Å². The zero-order chi connectivity index (χ0) is 61.1. The van der Waals surface area contributed by atoms with Crippen molar-refractivity contribution in [1.29, 1.82) is 0 Å². The molecule has 1 aromatic carbocycles. The van der Waals surface area contributed by atoms with Gasteiger partial charge in [-0.15, -0.1) is 16.8 Å². The standard InChI is InChI=1S/C56H78ClN5O21S/c1-34-10-8-11-42(74-7)56(72)33-40(80-54(71)59-56)35(2)51-55(4,82-51)43(32-47(66)60(5)38-29-37(28-34)30-39(73-6)50(38)57)81-53(70)36(3)79-18-9-27-84-41-31-48(67)61(52(41)69)17-14-44(63)58-16-20-76-22-24-78-26-25-77-23-21-75-19-15-49(68)83-62-45(64)12-13-46(62)65/h8,10-11,29-30,35-36,40-43,51,72H,9,12-28,31-33H2,1-7H3,(H,58,63)(H,59,71)/b11-8+,34-10+/t35-,36+,40?,41?,42-,43+,51+,55+,56+/m1/s1. The van der Waals surface area contributed by atoms with Crippen LogP contribution in [0.1, 0.15) is 84.6 Å². The van der Waals surface area contributed by atoms with Crippen LogP contribution in [0.25, 0.3) is 0 Å². The van der Waals surface area contributed by atoms with Crippen LogP contribution in [0, 0.1) is 5.92 Å². The van der Waals surface area contributed by atoms with Crippen LogP contribution in [-0.2, 0) is 92.2 Å². The smallest absolute Gasteiger partial charge is 0.409 e. The molecule has 4 saturated heterocycles. The van der Waals surface area contributed by atoms with E-state index >= 15 is 0 Å². The summed E-state index contributed by atoms with van der Waals surface area (Å²) < 4.78 is 56.9. The summed E-state index contributed by atoms with van der Waals surface area (Å²) in [6, 6.07) is 3.55. The first-order valence-corrected chi connectivity index (χ1v) is 29.3. The first-order chi connectivity index (χ1) is 40.1. The van der Waals surface area contributed by atoms with Gasteiger partial charge in [0.2, 0.25) is 23.6 Å². The minimum Gasteiger partial charge on any atom is -0.495 e. The third kappa shape index (κ3) is 18.9. The number of nitrogens with zero attached hydrogens (tertiary/aromatic N) is 3. The number of hydrogen-bond donors (Lipinski definition) is 3. The number of imide groups is 2. The van der Waals surface area contributed by atoms with E-state index in [0.29, 0.717) is 48.3 Å². The number of carbonyl (C=O) groups is 9. The van der Waals surface area contributed by atoms with Crippen molar-refractivity contribution in [2.24, 2.45) is 5.92 Å². The van der Waals surface area contributed by atoms with E-state index in [2.05, 4.69) is 10.6 Å². The Labute approximate surface area is 497 Å². The molecule has 0 saturated carbocycles. The average Bonchev–Trinajstić information content (AvgIpc) is 2.02. The number of hydrogen-bond acceptors (Lipinski definition) is 22. The average molecular weight is 1220 g/mol. The molecule has 9 atom stereocenters. The minimum absolute atomic E-state index is 0.0190. The van der Waals surface area contributed by atoms with Gasteiger partial charge >= 0.3 is 18.0 Å². The highest BCUT2D eigenvalue weighted by atomic mass is 35.5. The SMILES string of the molecule is COc1cc2cc(c1Cl)N(C)C(=O)C[C@H](OC(=O)[C@H](C)OCCCSC1CC(=O)N(CCC(=O)NCCOCCOCCOCCOCCC(=O)ON3C(=O)CCC3=O)C1=O)[C@]1(C)O[C@H]1[C@H](C)C1C[C@@](O)(NC(=O)O1)[C@H](OC)/C=C/C=C(\C)C2. The number of ether oxygens (including phenoxy) is 10. The van der Waals surface area contributed by atoms with Gasteiger partial charge in [-0.05, 0) is 57.1 Å². The lowest BCUT2D eigenvalue weighted by Gasteiger charge is -2.42. The maximum atomic E-state index is 14.3. The number of methoxy groups -OCH3 is 2. The maximum absolute atomic E-state index is 14.3. The largest absolute Gasteiger partial charge is 0.495 e. The van der Waals surface area contributed by atoms with Crippen LogP contribution < -0.4 is 20.3 Å². The van der Waals surface area contributed by atoms with Crippen molar-refractivity contribution in [1.82, 2.24) is 20.6 Å². The molecule has 28 heteroatoms. The predicted octanol–water partition coefficient (Wildman–Crippen LogP) is 2.89. The van der Waals surface area contributed by atoms with Crippen molar-refractivity contribution >= 4 is 82.5 Å². The summed E-state index contributed by atoms with van der Waals surface area (Å²) in [5.74, 6) is -4.05. The van der Waals surface area contributed by atoms with Gasteiger partial charge in [-0.3, -0.25) is 39.0 Å². The molecular weight excluding hydrogens is 1150 g/mol. The molecule has 0 spiro atoms. The molecule has 84 heavy (non-hydrogen) atoms. The Kier molecular flexibility index (Phi) is 25.8. The van der Waals surface area contributed by atoms with Crippen LogP contribution in [0.4, 0.5) is 10.5 Å². The first-order valence-electron chi connectivity index (χ1n) is 27.9. The summed E-state index contributed by atoms with van der Waals surface area (Å²) >= 11 is 8.08. The molecule has 5 aliphatic rings. The van der Waals surface area contributed by atoms with Gasteiger partial charge in [-0.25, -0.2) is 14.4 Å². The number of fused-ring (bicyclic) bond motifs is 5. The zero-order valence-electron chi connectivity index (χ0n) is 48.5. The van der Waals surface area contributed by atoms with Crippen LogP contribution in [-0.4, -0.2) is 215 Å². The Bertz CT molecular complexity index is 2580. The molecule has 5 aliphatic heterocycles. The number of halogens is 1. The molecule has 7 amide bonds. The molecule has 26 nitrogen and oxygen atoms in total. The van der Waals surface area contributed by atoms with E-state index in [1.54, 1.807) is 45.2 Å². The fourth-order valence-corrected chi connectivity index (χ4v) is 11.2. The number of benzene rings is 1. The summed E-state index contributed by atoms with van der Waals surface area (Å²) in [5, 5.41) is 17.1. The number of esters is 1. The molecule has 0 aliphatic carbocycles. The van der Waals surface area contributed by atoms with Gasteiger partial charge in [-0.1, -0.05) is 42.3 Å². The molecule has 0 aromatic heterocycles. The highest BCUT2D eigenvalue weighted by Gasteiger charge is 2.64. The van der Waals surface area contributed by atoms with E-state index in [-0.39, 0.29) is 121 Å². The van der Waals surface area contributed by atoms with Crippen LogP contribution in [0.5, 0.6) is 5.75 Å². The molecule has 3 N–H and O–H groups in total. The lowest BCUT2D eigenvalue weighted by Crippen LogP contribution is -2.63. The number of likely N-dealkylation sites (tertiary alicyclic amines) is 1. The van der Waals surface area contributed by atoms with Crippen LogP contribution >= 0.6 is 23.4 Å². The molecule has 466 valence electrons. The van der Waals surface area contributed by atoms with E-state index in [4.69, 9.17) is 63.8 Å². The van der Waals surface area contributed by atoms with E-state index < -0.39 is 94.7 Å². The summed E-state index contributed by atoms with van der Waals surface area (Å²) in [4.78, 5) is 122. The summed E-state index contributed by atoms with van der Waals surface area (Å²) in [6.45, 7) is 8.95. The zero-order valence-corrected chi connectivity index (χ0v) is 50.1. The number of alkyl carbamates (subject to hydrolysis) is 1. The molecule has 2 unspecified atom stereocenters. The molecule has 0 radical (unpaired) electrons. The number of carbonyl (C=O) groups excluding carboxylic acids is 9. The van der Waals surface area contributed by atoms with Crippen molar-refractivity contribution in [3.8, 4) is 5.75 Å². The number of rotatable bonds is 29. The highest BCUT2D eigenvalue weighted by Crippen LogP contribution is 2.49. The van der Waals surface area contributed by atoms with Crippen LogP contribution in [0.3, 0.4) is 0 Å². The second-order valence-corrected chi connectivity index (χ2v) is 22.6. The highest BCUT2D eigenvalue weighted by molar-refractivity contribution is 8.00. The number of nitrogens with one attached hydrogen (secondary N) is 2. The maximum Gasteiger partial charge on any atom is 0.409 e. The van der Waals surface area contributed by atoms with Gasteiger partial charge in [0.15, 0.2) is 11.8 Å². The first kappa shape index (κ1) is 67.4. The molecular formula is C56H78ClN5O21S. The number of anilines is 1. The molecule has 4 bridgehead atoms. The number of epoxide rings is 1. The number of thioether (sulfide) groups is 1. The van der Waals surface area contributed by atoms with E-state index in [1.807, 2.05) is 13.0 Å². The lowest BCUT2D eigenvalue weighted by molar-refractivity contribution is -0.198. The molecule has 4 fully saturated rings. The fraction of sp³-hybridized carbons (Fsp3) is 0.661. The second-order valence-electron chi connectivity index (χ2n) is 20.9. The van der Waals surface area contributed by atoms with Crippen molar-refractivity contribution in [3.05, 3.63) is 46.5 Å². The number of aliphatic hydroxyl groups is 1. The minimum atomic E-state index is -1.87. The van der Waals surface area contributed by atoms with Gasteiger partial charge < -0.3 is 67.5 Å². The van der Waals surface area contributed by atoms with Crippen molar-refractivity contribution in [2.45, 2.75) is 133 Å². The molecule has 5 heterocycles. The van der Waals surface area contributed by atoms with Crippen molar-refractivity contribution in [2.75, 3.05) is 104 Å². The van der Waals surface area contributed by atoms with Gasteiger partial charge in [0, 0.05) is 71.9 Å². The van der Waals surface area contributed by atoms with Gasteiger partial charge in [0.25, 0.3) is 11.8 Å². The lowest BCUT2D eigenvalue weighted by atomic mass is 9.83. The van der Waals surface area contributed by atoms with Crippen LogP contribution in [0.2, 0.25) is 5.02 Å². The second kappa shape index (κ2) is 32.1. The van der Waals surface area contributed by atoms with Gasteiger partial charge in [0.1, 0.15) is 34.7 Å².